The van der Waals surface area contributed by atoms with Crippen molar-refractivity contribution in [3.8, 4) is 0 Å². The third-order valence-corrected chi connectivity index (χ3v) is 4.48. The van der Waals surface area contributed by atoms with Crippen molar-refractivity contribution in [1.82, 2.24) is 25.4 Å². The van der Waals surface area contributed by atoms with Crippen LogP contribution in [0.2, 0.25) is 4.34 Å². The number of aromatic nitrogens is 3. The molecular formula is C14H22ClIN6OS. The number of aliphatic hydroxyl groups excluding tert-OH is 1. The minimum Gasteiger partial charge on any atom is -0.386 e. The third kappa shape index (κ3) is 6.19. The van der Waals surface area contributed by atoms with Crippen molar-refractivity contribution >= 4 is 52.9 Å². The number of aliphatic imine (C=N–C) groups is 1. The van der Waals surface area contributed by atoms with Gasteiger partial charge in [-0.1, -0.05) is 11.6 Å². The molecule has 7 nitrogen and oxygen atoms in total. The van der Waals surface area contributed by atoms with E-state index < -0.39 is 6.10 Å². The van der Waals surface area contributed by atoms with Crippen molar-refractivity contribution in [1.29, 1.82) is 0 Å². The average Bonchev–Trinajstić information content (AvgIpc) is 3.18. The van der Waals surface area contributed by atoms with Crippen LogP contribution < -0.4 is 10.6 Å². The summed E-state index contributed by atoms with van der Waals surface area (Å²) in [7, 11) is 0. The molecule has 0 amide bonds. The van der Waals surface area contributed by atoms with Crippen LogP contribution in [0.1, 0.15) is 30.7 Å². The van der Waals surface area contributed by atoms with Crippen LogP contribution in [0.3, 0.4) is 0 Å². The molecule has 0 saturated carbocycles. The average molecular weight is 485 g/mol. The summed E-state index contributed by atoms with van der Waals surface area (Å²) >= 11 is 7.26. The number of hydrogen-bond acceptors (Lipinski definition) is 5. The molecule has 10 heteroatoms. The Hall–Kier alpha value is -0.910. The largest absolute Gasteiger partial charge is 0.386 e. The van der Waals surface area contributed by atoms with Gasteiger partial charge in [-0.3, -0.25) is 0 Å². The molecule has 134 valence electrons. The molecule has 0 aliphatic carbocycles. The molecule has 0 saturated heterocycles. The van der Waals surface area contributed by atoms with E-state index in [1.165, 1.54) is 11.3 Å². The predicted molar refractivity (Wildman–Crippen MR) is 108 cm³/mol. The fraction of sp³-hybridized carbons (Fsp3) is 0.500. The Morgan fingerprint density at radius 3 is 2.83 bits per heavy atom. The third-order valence-electron chi connectivity index (χ3n) is 3.14. The fourth-order valence-electron chi connectivity index (χ4n) is 1.96. The molecule has 2 aromatic rings. The highest BCUT2D eigenvalue weighted by molar-refractivity contribution is 14.0. The van der Waals surface area contributed by atoms with Crippen LogP contribution in [0.25, 0.3) is 0 Å². The van der Waals surface area contributed by atoms with Gasteiger partial charge in [0.15, 0.2) is 11.8 Å². The van der Waals surface area contributed by atoms with Gasteiger partial charge in [-0.05, 0) is 26.0 Å². The summed E-state index contributed by atoms with van der Waals surface area (Å²) in [6.45, 7) is 6.32. The van der Waals surface area contributed by atoms with Crippen molar-refractivity contribution in [3.05, 3.63) is 33.5 Å². The summed E-state index contributed by atoms with van der Waals surface area (Å²) < 4.78 is 2.61. The summed E-state index contributed by atoms with van der Waals surface area (Å²) in [5.41, 5.74) is 0. The zero-order valence-corrected chi connectivity index (χ0v) is 17.5. The number of halogens is 2. The fourth-order valence-corrected chi connectivity index (χ4v) is 3.01. The highest BCUT2D eigenvalue weighted by Gasteiger charge is 2.11. The molecule has 24 heavy (non-hydrogen) atoms. The number of rotatable bonds is 7. The SMILES string of the molecule is CCNC(=NCc1nncn1CC)NCC(O)c1ccc(Cl)s1.I. The highest BCUT2D eigenvalue weighted by atomic mass is 127. The number of hydrogen-bond donors (Lipinski definition) is 3. The van der Waals surface area contributed by atoms with Gasteiger partial charge in [0.05, 0.1) is 4.34 Å². The lowest BCUT2D eigenvalue weighted by Crippen LogP contribution is -2.39. The monoisotopic (exact) mass is 484 g/mol. The molecule has 0 fully saturated rings. The number of guanidine groups is 1. The van der Waals surface area contributed by atoms with Gasteiger partial charge in [-0.2, -0.15) is 0 Å². The quantitative estimate of drug-likeness (QED) is 0.319. The van der Waals surface area contributed by atoms with E-state index >= 15 is 0 Å². The molecule has 2 aromatic heterocycles. The van der Waals surface area contributed by atoms with Crippen molar-refractivity contribution < 1.29 is 5.11 Å². The molecule has 0 aliphatic rings. The normalized spacial score (nSPS) is 12.6. The maximum atomic E-state index is 10.2. The van der Waals surface area contributed by atoms with Gasteiger partial charge in [-0.25, -0.2) is 4.99 Å². The van der Waals surface area contributed by atoms with Gasteiger partial charge in [0.1, 0.15) is 19.0 Å². The zero-order chi connectivity index (χ0) is 16.7. The summed E-state index contributed by atoms with van der Waals surface area (Å²) in [6, 6.07) is 3.61. The standard InChI is InChI=1S/C14H21ClN6OS.HI/c1-3-16-14(18-8-13-20-19-9-21(13)4-2)17-7-10(22)11-5-6-12(15)23-11;/h5-6,9-10,22H,3-4,7-8H2,1-2H3,(H2,16,17,18);1H. The van der Waals surface area contributed by atoms with Crippen LogP contribution in [0, 0.1) is 0 Å². The topological polar surface area (TPSA) is 87.4 Å². The number of aryl methyl sites for hydroxylation is 1. The second-order valence-corrected chi connectivity index (χ2v) is 6.51. The minimum atomic E-state index is -0.629. The summed E-state index contributed by atoms with van der Waals surface area (Å²) in [5, 5.41) is 24.4. The second kappa shape index (κ2) is 10.9. The van der Waals surface area contributed by atoms with Crippen molar-refractivity contribution in [2.24, 2.45) is 4.99 Å². The van der Waals surface area contributed by atoms with Crippen molar-refractivity contribution in [2.75, 3.05) is 13.1 Å². The zero-order valence-electron chi connectivity index (χ0n) is 13.6. The van der Waals surface area contributed by atoms with Crippen molar-refractivity contribution in [3.63, 3.8) is 0 Å². The lowest BCUT2D eigenvalue weighted by molar-refractivity contribution is 0.184. The van der Waals surface area contributed by atoms with E-state index in [4.69, 9.17) is 11.6 Å². The van der Waals surface area contributed by atoms with Gasteiger partial charge in [0, 0.05) is 24.5 Å². The molecule has 0 aliphatic heterocycles. The Morgan fingerprint density at radius 1 is 1.42 bits per heavy atom. The molecule has 3 N–H and O–H groups in total. The lowest BCUT2D eigenvalue weighted by Gasteiger charge is -2.14. The molecule has 1 unspecified atom stereocenters. The Morgan fingerprint density at radius 2 is 2.21 bits per heavy atom. The second-order valence-electron chi connectivity index (χ2n) is 4.77. The maximum Gasteiger partial charge on any atom is 0.191 e. The van der Waals surface area contributed by atoms with Crippen molar-refractivity contribution in [2.45, 2.75) is 33.0 Å². The number of nitrogens with one attached hydrogen (secondary N) is 2. The minimum absolute atomic E-state index is 0. The predicted octanol–water partition coefficient (Wildman–Crippen LogP) is 2.42. The Balaban J connectivity index is 0.00000288. The summed E-state index contributed by atoms with van der Waals surface area (Å²) in [4.78, 5) is 5.30. The van der Waals surface area contributed by atoms with Crippen LogP contribution in [-0.4, -0.2) is 38.9 Å². The van der Waals surface area contributed by atoms with Gasteiger partial charge in [0.2, 0.25) is 0 Å². The van der Waals surface area contributed by atoms with Crippen LogP contribution in [-0.2, 0) is 13.1 Å². The Labute approximate surface area is 167 Å². The summed E-state index contributed by atoms with van der Waals surface area (Å²) in [6.07, 6.45) is 1.06. The molecule has 0 spiro atoms. The first-order valence-electron chi connectivity index (χ1n) is 7.46. The smallest absolute Gasteiger partial charge is 0.191 e. The first-order chi connectivity index (χ1) is 11.1. The lowest BCUT2D eigenvalue weighted by atomic mass is 10.3. The Kier molecular flexibility index (Phi) is 9.56. The van der Waals surface area contributed by atoms with Crippen LogP contribution in [0.4, 0.5) is 0 Å². The number of aliphatic hydroxyl groups is 1. The Bertz CT molecular complexity index is 647. The van der Waals surface area contributed by atoms with Gasteiger partial charge in [0.25, 0.3) is 0 Å². The van der Waals surface area contributed by atoms with Crippen LogP contribution >= 0.6 is 46.9 Å². The molecule has 0 bridgehead atoms. The molecule has 2 heterocycles. The molecule has 0 aromatic carbocycles. The van der Waals surface area contributed by atoms with E-state index in [9.17, 15) is 5.11 Å². The van der Waals surface area contributed by atoms with E-state index in [1.54, 1.807) is 12.4 Å². The van der Waals surface area contributed by atoms with E-state index in [-0.39, 0.29) is 24.0 Å². The van der Waals surface area contributed by atoms with E-state index in [0.29, 0.717) is 23.4 Å². The number of nitrogens with zero attached hydrogens (tertiary/aromatic N) is 4. The summed E-state index contributed by atoms with van der Waals surface area (Å²) in [5.74, 6) is 1.43. The highest BCUT2D eigenvalue weighted by Crippen LogP contribution is 2.26. The van der Waals surface area contributed by atoms with Gasteiger partial charge in [-0.15, -0.1) is 45.5 Å². The molecule has 0 radical (unpaired) electrons. The van der Waals surface area contributed by atoms with E-state index in [1.807, 2.05) is 24.5 Å². The molecule has 1 atom stereocenters. The number of thiophene rings is 1. The van der Waals surface area contributed by atoms with Gasteiger partial charge >= 0.3 is 0 Å². The van der Waals surface area contributed by atoms with Crippen LogP contribution in [0.5, 0.6) is 0 Å². The first kappa shape index (κ1) is 21.1. The van der Waals surface area contributed by atoms with E-state index in [2.05, 4.69) is 25.8 Å². The van der Waals surface area contributed by atoms with E-state index in [0.717, 1.165) is 23.8 Å². The maximum absolute atomic E-state index is 10.2. The first-order valence-corrected chi connectivity index (χ1v) is 8.65. The van der Waals surface area contributed by atoms with Crippen LogP contribution in [0.15, 0.2) is 23.5 Å². The molecular weight excluding hydrogens is 463 g/mol. The van der Waals surface area contributed by atoms with Gasteiger partial charge < -0.3 is 20.3 Å². The molecule has 2 rings (SSSR count).